The summed E-state index contributed by atoms with van der Waals surface area (Å²) in [5, 5.41) is 0. The summed E-state index contributed by atoms with van der Waals surface area (Å²) in [6.45, 7) is 5.79. The Labute approximate surface area is 147 Å². The number of aromatic nitrogens is 1. The van der Waals surface area contributed by atoms with E-state index in [1.165, 1.54) is 22.6 Å². The lowest BCUT2D eigenvalue weighted by atomic mass is 10.1. The van der Waals surface area contributed by atoms with Crippen LogP contribution < -0.4 is 4.90 Å². The topological polar surface area (TPSA) is 53.5 Å². The Bertz CT molecular complexity index is 856. The zero-order chi connectivity index (χ0) is 16.9. The molecule has 2 aliphatic heterocycles. The fourth-order valence-electron chi connectivity index (χ4n) is 3.62. The number of fused-ring (bicyclic) bond motifs is 3. The molecule has 3 heterocycles. The smallest absolute Gasteiger partial charge is 0.270 e. The molecule has 1 unspecified atom stereocenters. The van der Waals surface area contributed by atoms with Crippen LogP contribution in [0.25, 0.3) is 0 Å². The zero-order valence-electron chi connectivity index (χ0n) is 13.9. The van der Waals surface area contributed by atoms with Crippen molar-refractivity contribution in [1.82, 2.24) is 9.29 Å². The van der Waals surface area contributed by atoms with Crippen LogP contribution in [0.15, 0.2) is 28.6 Å². The first kappa shape index (κ1) is 16.1. The molecule has 0 amide bonds. The predicted octanol–water partition coefficient (Wildman–Crippen LogP) is 2.59. The van der Waals surface area contributed by atoms with Crippen LogP contribution in [0.2, 0.25) is 0 Å². The second kappa shape index (κ2) is 5.82. The number of para-hydroxylation sites is 1. The van der Waals surface area contributed by atoms with E-state index in [1.807, 2.05) is 13.8 Å². The summed E-state index contributed by atoms with van der Waals surface area (Å²) in [4.78, 5) is 7.64. The molecular weight excluding hydrogens is 342 g/mol. The maximum Gasteiger partial charge on any atom is 0.270 e. The number of sulfonamides is 1. The summed E-state index contributed by atoms with van der Waals surface area (Å²) >= 11 is 1.28. The molecule has 1 atom stereocenters. The van der Waals surface area contributed by atoms with Crippen LogP contribution in [0.5, 0.6) is 0 Å². The molecule has 5 nitrogen and oxygen atoms in total. The number of rotatable bonds is 2. The molecule has 2 aliphatic rings. The lowest BCUT2D eigenvalue weighted by molar-refractivity contribution is 0.405. The molecule has 128 valence electrons. The van der Waals surface area contributed by atoms with Gasteiger partial charge in [0.1, 0.15) is 0 Å². The van der Waals surface area contributed by atoms with Crippen LogP contribution in [0.3, 0.4) is 0 Å². The number of anilines is 1. The van der Waals surface area contributed by atoms with Crippen molar-refractivity contribution in [2.75, 3.05) is 24.5 Å². The first-order valence-corrected chi connectivity index (χ1v) is 10.5. The van der Waals surface area contributed by atoms with Crippen LogP contribution in [-0.4, -0.2) is 43.4 Å². The van der Waals surface area contributed by atoms with Gasteiger partial charge in [0.2, 0.25) is 4.34 Å². The van der Waals surface area contributed by atoms with Gasteiger partial charge in [-0.3, -0.25) is 0 Å². The maximum absolute atomic E-state index is 13.0. The number of hydrogen-bond donors (Lipinski definition) is 0. The minimum atomic E-state index is -3.50. The van der Waals surface area contributed by atoms with Gasteiger partial charge >= 0.3 is 0 Å². The Morgan fingerprint density at radius 1 is 1.21 bits per heavy atom. The van der Waals surface area contributed by atoms with Gasteiger partial charge in [0.05, 0.1) is 5.69 Å². The van der Waals surface area contributed by atoms with Crippen molar-refractivity contribution in [3.05, 3.63) is 40.4 Å². The third kappa shape index (κ3) is 2.55. The zero-order valence-corrected chi connectivity index (χ0v) is 15.5. The lowest BCUT2D eigenvalue weighted by Gasteiger charge is -2.26. The fourth-order valence-corrected chi connectivity index (χ4v) is 6.58. The average Bonchev–Trinajstić information content (AvgIpc) is 2.99. The third-order valence-corrected chi connectivity index (χ3v) is 8.28. The highest BCUT2D eigenvalue weighted by atomic mass is 32.2. The van der Waals surface area contributed by atoms with E-state index in [0.717, 1.165) is 30.0 Å². The van der Waals surface area contributed by atoms with Gasteiger partial charge < -0.3 is 4.90 Å². The molecule has 0 bridgehead atoms. The quantitative estimate of drug-likeness (QED) is 0.823. The Balaban J connectivity index is 1.63. The van der Waals surface area contributed by atoms with Gasteiger partial charge in [0, 0.05) is 36.2 Å². The molecule has 7 heteroatoms. The summed E-state index contributed by atoms with van der Waals surface area (Å²) in [7, 11) is -3.50. The standard InChI is InChI=1S/C17H21N3O2S2/c1-12-13(2)23-17(18-12)24(21,22)19-8-5-9-20-15(11-19)10-14-6-3-4-7-16(14)20/h3-4,6-7,15H,5,8-11H2,1-2H3. The van der Waals surface area contributed by atoms with E-state index in [0.29, 0.717) is 13.1 Å². The van der Waals surface area contributed by atoms with E-state index in [9.17, 15) is 8.42 Å². The van der Waals surface area contributed by atoms with Crippen molar-refractivity contribution in [2.24, 2.45) is 0 Å². The normalized spacial score (nSPS) is 21.4. The number of thiazole rings is 1. The summed E-state index contributed by atoms with van der Waals surface area (Å²) in [5.41, 5.74) is 3.40. The van der Waals surface area contributed by atoms with Gasteiger partial charge in [-0.2, -0.15) is 4.31 Å². The summed E-state index contributed by atoms with van der Waals surface area (Å²) in [6, 6.07) is 8.63. The largest absolute Gasteiger partial charge is 0.367 e. The van der Waals surface area contributed by atoms with Crippen molar-refractivity contribution in [1.29, 1.82) is 0 Å². The van der Waals surface area contributed by atoms with Gasteiger partial charge in [-0.1, -0.05) is 18.2 Å². The molecule has 1 fully saturated rings. The lowest BCUT2D eigenvalue weighted by Crippen LogP contribution is -2.41. The van der Waals surface area contributed by atoms with E-state index in [4.69, 9.17) is 0 Å². The number of aryl methyl sites for hydroxylation is 2. The van der Waals surface area contributed by atoms with Crippen molar-refractivity contribution in [3.63, 3.8) is 0 Å². The summed E-state index contributed by atoms with van der Waals surface area (Å²) in [5.74, 6) is 0. The van der Waals surface area contributed by atoms with Gasteiger partial charge in [-0.05, 0) is 38.3 Å². The van der Waals surface area contributed by atoms with E-state index in [-0.39, 0.29) is 10.4 Å². The second-order valence-electron chi connectivity index (χ2n) is 6.52. The fraction of sp³-hybridized carbons (Fsp3) is 0.471. The van der Waals surface area contributed by atoms with Crippen LogP contribution in [0.4, 0.5) is 5.69 Å². The molecule has 0 saturated carbocycles. The SMILES string of the molecule is Cc1nc(S(=O)(=O)N2CCCN3c4ccccc4CC3C2)sc1C. The summed E-state index contributed by atoms with van der Waals surface area (Å²) in [6.07, 6.45) is 1.76. The molecule has 0 spiro atoms. The monoisotopic (exact) mass is 363 g/mol. The van der Waals surface area contributed by atoms with E-state index >= 15 is 0 Å². The van der Waals surface area contributed by atoms with Gasteiger partial charge in [0.15, 0.2) is 0 Å². The van der Waals surface area contributed by atoms with Crippen molar-refractivity contribution < 1.29 is 8.42 Å². The molecule has 1 aromatic heterocycles. The third-order valence-electron chi connectivity index (χ3n) is 4.99. The Kier molecular flexibility index (Phi) is 3.89. The summed E-state index contributed by atoms with van der Waals surface area (Å²) < 4.78 is 27.9. The first-order valence-electron chi connectivity index (χ1n) is 8.25. The number of hydrogen-bond acceptors (Lipinski definition) is 5. The molecule has 0 radical (unpaired) electrons. The molecule has 0 N–H and O–H groups in total. The minimum Gasteiger partial charge on any atom is -0.367 e. The highest BCUT2D eigenvalue weighted by Crippen LogP contribution is 2.35. The van der Waals surface area contributed by atoms with Crippen molar-refractivity contribution in [3.8, 4) is 0 Å². The Hall–Kier alpha value is -1.44. The van der Waals surface area contributed by atoms with E-state index in [2.05, 4.69) is 34.1 Å². The van der Waals surface area contributed by atoms with Crippen LogP contribution in [0, 0.1) is 13.8 Å². The Morgan fingerprint density at radius 2 is 2.00 bits per heavy atom. The average molecular weight is 364 g/mol. The second-order valence-corrected chi connectivity index (χ2v) is 9.83. The Morgan fingerprint density at radius 3 is 2.75 bits per heavy atom. The van der Waals surface area contributed by atoms with E-state index in [1.54, 1.807) is 4.31 Å². The van der Waals surface area contributed by atoms with Gasteiger partial charge in [-0.15, -0.1) is 11.3 Å². The van der Waals surface area contributed by atoms with Gasteiger partial charge in [-0.25, -0.2) is 13.4 Å². The molecule has 1 aromatic carbocycles. The molecule has 1 saturated heterocycles. The van der Waals surface area contributed by atoms with Crippen LogP contribution in [-0.2, 0) is 16.4 Å². The molecular formula is C17H21N3O2S2. The van der Waals surface area contributed by atoms with Crippen molar-refractivity contribution in [2.45, 2.75) is 37.1 Å². The van der Waals surface area contributed by atoms with E-state index < -0.39 is 10.0 Å². The van der Waals surface area contributed by atoms with Crippen LogP contribution >= 0.6 is 11.3 Å². The van der Waals surface area contributed by atoms with Crippen LogP contribution in [0.1, 0.15) is 22.6 Å². The number of benzene rings is 1. The molecule has 2 aromatic rings. The predicted molar refractivity (Wildman–Crippen MR) is 96.2 cm³/mol. The van der Waals surface area contributed by atoms with Gasteiger partial charge in [0.25, 0.3) is 10.0 Å². The highest BCUT2D eigenvalue weighted by Gasteiger charge is 2.37. The minimum absolute atomic E-state index is 0.224. The highest BCUT2D eigenvalue weighted by molar-refractivity contribution is 7.91. The first-order chi connectivity index (χ1) is 11.5. The van der Waals surface area contributed by atoms with Crippen molar-refractivity contribution >= 4 is 27.0 Å². The number of nitrogens with zero attached hydrogens (tertiary/aromatic N) is 3. The molecule has 4 rings (SSSR count). The maximum atomic E-state index is 13.0. The molecule has 0 aliphatic carbocycles. The molecule has 24 heavy (non-hydrogen) atoms.